The number of rotatable bonds is 5. The van der Waals surface area contributed by atoms with E-state index in [1.54, 1.807) is 6.07 Å². The van der Waals surface area contributed by atoms with Gasteiger partial charge in [0.15, 0.2) is 0 Å². The zero-order valence-corrected chi connectivity index (χ0v) is 15.2. The molecule has 2 aromatic carbocycles. The highest BCUT2D eigenvalue weighted by Gasteiger charge is 2.07. The lowest BCUT2D eigenvalue weighted by Crippen LogP contribution is -2.12. The Bertz CT molecular complexity index is 988. The molecule has 0 aliphatic heterocycles. The average Bonchev–Trinajstić information content (AvgIpc) is 2.60. The van der Waals surface area contributed by atoms with Gasteiger partial charge >= 0.3 is 5.63 Å². The van der Waals surface area contributed by atoms with E-state index in [9.17, 15) is 9.59 Å². The van der Waals surface area contributed by atoms with E-state index in [4.69, 9.17) is 4.42 Å². The Morgan fingerprint density at radius 1 is 1.08 bits per heavy atom. The van der Waals surface area contributed by atoms with E-state index >= 15 is 0 Å². The maximum Gasteiger partial charge on any atom is 0.336 e. The number of fused-ring (bicyclic) bond motifs is 1. The van der Waals surface area contributed by atoms with Gasteiger partial charge in [-0.2, -0.15) is 0 Å². The number of amides is 1. The lowest BCUT2D eigenvalue weighted by Gasteiger charge is -2.12. The summed E-state index contributed by atoms with van der Waals surface area (Å²) in [5, 5.41) is 3.73. The monoisotopic (exact) mass is 350 g/mol. The first-order chi connectivity index (χ1) is 12.4. The minimum atomic E-state index is -0.389. The van der Waals surface area contributed by atoms with Gasteiger partial charge in [0.05, 0.1) is 0 Å². The Hall–Kier alpha value is -3.08. The molecule has 0 fully saturated rings. The largest absolute Gasteiger partial charge is 0.423 e. The summed E-state index contributed by atoms with van der Waals surface area (Å²) in [6.07, 6.45) is 1.05. The molecule has 0 aliphatic carbocycles. The molecule has 1 amide bonds. The van der Waals surface area contributed by atoms with E-state index in [1.165, 1.54) is 6.07 Å². The summed E-state index contributed by atoms with van der Waals surface area (Å²) < 4.78 is 5.21. The van der Waals surface area contributed by atoms with Crippen molar-refractivity contribution in [2.24, 2.45) is 0 Å². The first-order valence-electron chi connectivity index (χ1n) is 8.53. The molecule has 0 aliphatic rings. The first-order valence-corrected chi connectivity index (χ1v) is 8.53. The van der Waals surface area contributed by atoms with Gasteiger partial charge < -0.3 is 14.6 Å². The maximum atomic E-state index is 12.2. The fourth-order valence-electron chi connectivity index (χ4n) is 2.84. The van der Waals surface area contributed by atoms with Crippen molar-refractivity contribution < 1.29 is 9.21 Å². The van der Waals surface area contributed by atoms with Gasteiger partial charge in [0, 0.05) is 49.4 Å². The average molecular weight is 350 g/mol. The highest BCUT2D eigenvalue weighted by atomic mass is 16.4. The number of anilines is 2. The smallest absolute Gasteiger partial charge is 0.336 e. The van der Waals surface area contributed by atoms with Crippen molar-refractivity contribution in [3.63, 3.8) is 0 Å². The van der Waals surface area contributed by atoms with Gasteiger partial charge in [-0.3, -0.25) is 4.79 Å². The van der Waals surface area contributed by atoms with Crippen LogP contribution < -0.4 is 15.8 Å². The minimum Gasteiger partial charge on any atom is -0.423 e. The van der Waals surface area contributed by atoms with Crippen LogP contribution in [0.1, 0.15) is 17.5 Å². The number of nitrogens with zero attached hydrogens (tertiary/aromatic N) is 1. The number of carbonyl (C=O) groups is 1. The second-order valence-electron chi connectivity index (χ2n) is 6.57. The lowest BCUT2D eigenvalue weighted by molar-refractivity contribution is -0.116. The molecule has 134 valence electrons. The summed E-state index contributed by atoms with van der Waals surface area (Å²) in [6.45, 7) is 1.86. The lowest BCUT2D eigenvalue weighted by atomic mass is 10.1. The summed E-state index contributed by atoms with van der Waals surface area (Å²) in [4.78, 5) is 25.8. The quantitative estimate of drug-likeness (QED) is 0.712. The molecule has 0 saturated heterocycles. The fraction of sp³-hybridized carbons (Fsp3) is 0.238. The molecule has 1 heterocycles. The molecule has 0 saturated carbocycles. The van der Waals surface area contributed by atoms with E-state index in [0.717, 1.165) is 22.2 Å². The van der Waals surface area contributed by atoms with Crippen molar-refractivity contribution in [1.82, 2.24) is 0 Å². The van der Waals surface area contributed by atoms with Gasteiger partial charge in [0.2, 0.25) is 5.91 Å². The number of hydrogen-bond donors (Lipinski definition) is 1. The van der Waals surface area contributed by atoms with Gasteiger partial charge in [-0.25, -0.2) is 4.79 Å². The zero-order valence-electron chi connectivity index (χ0n) is 15.2. The van der Waals surface area contributed by atoms with E-state index in [2.05, 4.69) is 5.32 Å². The Kier molecular flexibility index (Phi) is 5.07. The van der Waals surface area contributed by atoms with Crippen molar-refractivity contribution >= 4 is 28.3 Å². The van der Waals surface area contributed by atoms with Crippen LogP contribution in [0, 0.1) is 6.92 Å². The molecule has 26 heavy (non-hydrogen) atoms. The van der Waals surface area contributed by atoms with Crippen LogP contribution in [0.4, 0.5) is 11.4 Å². The third-order valence-corrected chi connectivity index (χ3v) is 4.33. The van der Waals surface area contributed by atoms with E-state index < -0.39 is 0 Å². The number of hydrogen-bond acceptors (Lipinski definition) is 4. The van der Waals surface area contributed by atoms with Crippen LogP contribution in [0.2, 0.25) is 0 Å². The van der Waals surface area contributed by atoms with Gasteiger partial charge in [-0.05, 0) is 48.7 Å². The number of aryl methyl sites for hydroxylation is 2. The Morgan fingerprint density at radius 3 is 2.50 bits per heavy atom. The van der Waals surface area contributed by atoms with Crippen molar-refractivity contribution in [2.75, 3.05) is 24.3 Å². The van der Waals surface area contributed by atoms with Gasteiger partial charge in [-0.1, -0.05) is 12.1 Å². The molecular weight excluding hydrogens is 328 g/mol. The third-order valence-electron chi connectivity index (χ3n) is 4.33. The van der Waals surface area contributed by atoms with E-state index in [-0.39, 0.29) is 11.5 Å². The molecule has 0 spiro atoms. The predicted octanol–water partition coefficient (Wildman–Crippen LogP) is 3.74. The molecule has 0 unspecified atom stereocenters. The summed E-state index contributed by atoms with van der Waals surface area (Å²) in [6, 6.07) is 15.0. The second-order valence-corrected chi connectivity index (χ2v) is 6.57. The van der Waals surface area contributed by atoms with Crippen LogP contribution in [-0.4, -0.2) is 20.0 Å². The van der Waals surface area contributed by atoms with Crippen LogP contribution in [-0.2, 0) is 11.2 Å². The first kappa shape index (κ1) is 17.7. The molecule has 1 N–H and O–H groups in total. The number of nitrogens with one attached hydrogen (secondary N) is 1. The topological polar surface area (TPSA) is 62.6 Å². The Labute approximate surface area is 152 Å². The van der Waals surface area contributed by atoms with Gasteiger partial charge in [-0.15, -0.1) is 0 Å². The SMILES string of the molecule is Cc1cc(=O)oc2cc(NC(=O)CCc3ccc(N(C)C)cc3)ccc12. The zero-order chi connectivity index (χ0) is 18.7. The van der Waals surface area contributed by atoms with Crippen molar-refractivity contribution in [3.8, 4) is 0 Å². The summed E-state index contributed by atoms with van der Waals surface area (Å²) in [5.41, 5.74) is 3.82. The van der Waals surface area contributed by atoms with Gasteiger partial charge in [0.25, 0.3) is 0 Å². The number of carbonyl (C=O) groups excluding carboxylic acids is 1. The standard InChI is InChI=1S/C21H22N2O3/c1-14-12-21(25)26-19-13-16(7-10-18(14)19)22-20(24)11-6-15-4-8-17(9-5-15)23(2)3/h4-5,7-10,12-13H,6,11H2,1-3H3,(H,22,24). The molecule has 5 nitrogen and oxygen atoms in total. The van der Waals surface area contributed by atoms with Crippen LogP contribution in [0.3, 0.4) is 0 Å². The Balaban J connectivity index is 1.64. The highest BCUT2D eigenvalue weighted by Crippen LogP contribution is 2.21. The minimum absolute atomic E-state index is 0.0731. The van der Waals surface area contributed by atoms with Crippen LogP contribution in [0.25, 0.3) is 11.0 Å². The highest BCUT2D eigenvalue weighted by molar-refractivity contribution is 5.93. The predicted molar refractivity (Wildman–Crippen MR) is 105 cm³/mol. The van der Waals surface area contributed by atoms with E-state index in [0.29, 0.717) is 24.1 Å². The summed E-state index contributed by atoms with van der Waals surface area (Å²) in [7, 11) is 3.99. The molecule has 1 aromatic heterocycles. The fourth-order valence-corrected chi connectivity index (χ4v) is 2.84. The van der Waals surface area contributed by atoms with Crippen LogP contribution >= 0.6 is 0 Å². The number of benzene rings is 2. The maximum absolute atomic E-state index is 12.2. The molecule has 5 heteroatoms. The van der Waals surface area contributed by atoms with E-state index in [1.807, 2.05) is 62.3 Å². The molecule has 3 aromatic rings. The van der Waals surface area contributed by atoms with Crippen molar-refractivity contribution in [2.45, 2.75) is 19.8 Å². The van der Waals surface area contributed by atoms with Crippen molar-refractivity contribution in [3.05, 3.63) is 70.1 Å². The van der Waals surface area contributed by atoms with Crippen LogP contribution in [0.15, 0.2) is 57.7 Å². The molecule has 0 bridgehead atoms. The summed E-state index contributed by atoms with van der Waals surface area (Å²) in [5.74, 6) is -0.0731. The Morgan fingerprint density at radius 2 is 1.81 bits per heavy atom. The van der Waals surface area contributed by atoms with Gasteiger partial charge in [0.1, 0.15) is 5.58 Å². The third kappa shape index (κ3) is 4.11. The van der Waals surface area contributed by atoms with Crippen molar-refractivity contribution in [1.29, 1.82) is 0 Å². The molecule has 0 atom stereocenters. The summed E-state index contributed by atoms with van der Waals surface area (Å²) >= 11 is 0. The molecule has 0 radical (unpaired) electrons. The van der Waals surface area contributed by atoms with Crippen LogP contribution in [0.5, 0.6) is 0 Å². The molecular formula is C21H22N2O3. The molecule has 3 rings (SSSR count). The normalized spacial score (nSPS) is 10.7. The second kappa shape index (κ2) is 7.44.